The fourth-order valence-corrected chi connectivity index (χ4v) is 4.98. The molecule has 5 rings (SSSR count). The molecule has 0 bridgehead atoms. The van der Waals surface area contributed by atoms with Gasteiger partial charge in [0.05, 0.1) is 5.52 Å². The minimum absolute atomic E-state index is 0.161. The van der Waals surface area contributed by atoms with Crippen LogP contribution in [0.2, 0.25) is 5.02 Å². The van der Waals surface area contributed by atoms with E-state index in [1.807, 2.05) is 30.3 Å². The van der Waals surface area contributed by atoms with Gasteiger partial charge in [-0.15, -0.1) is 0 Å². The highest BCUT2D eigenvalue weighted by Gasteiger charge is 2.57. The lowest BCUT2D eigenvalue weighted by atomic mass is 9.88. The number of rotatable bonds is 4. The Bertz CT molecular complexity index is 1070. The first-order valence-corrected chi connectivity index (χ1v) is 10.5. The first-order valence-electron chi connectivity index (χ1n) is 10.1. The quantitative estimate of drug-likeness (QED) is 0.575. The second-order valence-electron chi connectivity index (χ2n) is 8.37. The lowest BCUT2D eigenvalue weighted by Crippen LogP contribution is -2.36. The fourth-order valence-electron chi connectivity index (χ4n) is 4.85. The third-order valence-corrected chi connectivity index (χ3v) is 6.90. The van der Waals surface area contributed by atoms with Crippen LogP contribution in [-0.4, -0.2) is 23.9 Å². The molecular weight excluding hydrogens is 387 g/mol. The molecule has 1 saturated heterocycles. The van der Waals surface area contributed by atoms with E-state index in [9.17, 15) is 9.18 Å². The lowest BCUT2D eigenvalue weighted by Gasteiger charge is -2.35. The van der Waals surface area contributed by atoms with Crippen molar-refractivity contribution in [1.82, 2.24) is 4.98 Å². The summed E-state index contributed by atoms with van der Waals surface area (Å²) in [6.45, 7) is 1.78. The number of piperidine rings is 1. The van der Waals surface area contributed by atoms with Gasteiger partial charge in [-0.1, -0.05) is 23.7 Å². The molecule has 1 saturated carbocycles. The Morgan fingerprint density at radius 3 is 2.66 bits per heavy atom. The topological polar surface area (TPSA) is 33.2 Å². The minimum atomic E-state index is -0.240. The maximum atomic E-state index is 13.8. The largest absolute Gasteiger partial charge is 0.371 e. The first-order chi connectivity index (χ1) is 14.0. The Labute approximate surface area is 174 Å². The van der Waals surface area contributed by atoms with E-state index in [1.165, 1.54) is 6.07 Å². The molecule has 3 nitrogen and oxygen atoms in total. The Morgan fingerprint density at radius 2 is 1.90 bits per heavy atom. The SMILES string of the molecule is O=C(Cc1ccc(Cl)cc1)[C@H]1CC12CCN(c1ccnc3ccc(F)cc13)CC2. The Morgan fingerprint density at radius 1 is 1.14 bits per heavy atom. The van der Waals surface area contributed by atoms with Crippen LogP contribution in [0.15, 0.2) is 54.7 Å². The highest BCUT2D eigenvalue weighted by Crippen LogP contribution is 2.60. The van der Waals surface area contributed by atoms with E-state index in [2.05, 4.69) is 9.88 Å². The molecule has 2 fully saturated rings. The normalized spacial score (nSPS) is 20.2. The van der Waals surface area contributed by atoms with Crippen LogP contribution in [0.25, 0.3) is 10.9 Å². The molecule has 0 radical (unpaired) electrons. The van der Waals surface area contributed by atoms with Gasteiger partial charge in [-0.25, -0.2) is 4.39 Å². The van der Waals surface area contributed by atoms with Crippen molar-refractivity contribution in [2.24, 2.45) is 11.3 Å². The summed E-state index contributed by atoms with van der Waals surface area (Å²) >= 11 is 5.93. The minimum Gasteiger partial charge on any atom is -0.371 e. The Hall–Kier alpha value is -2.46. The number of pyridine rings is 1. The van der Waals surface area contributed by atoms with Crippen molar-refractivity contribution < 1.29 is 9.18 Å². The highest BCUT2D eigenvalue weighted by atomic mass is 35.5. The fraction of sp³-hybridized carbons (Fsp3) is 0.333. The maximum absolute atomic E-state index is 13.8. The van der Waals surface area contributed by atoms with Crippen LogP contribution in [0.1, 0.15) is 24.8 Å². The van der Waals surface area contributed by atoms with Crippen molar-refractivity contribution in [1.29, 1.82) is 0 Å². The number of carbonyl (C=O) groups excluding carboxylic acids is 1. The van der Waals surface area contributed by atoms with Gasteiger partial charge in [-0.2, -0.15) is 0 Å². The van der Waals surface area contributed by atoms with E-state index in [4.69, 9.17) is 11.6 Å². The molecule has 2 aliphatic rings. The van der Waals surface area contributed by atoms with E-state index in [0.29, 0.717) is 17.2 Å². The van der Waals surface area contributed by atoms with Crippen molar-refractivity contribution in [3.8, 4) is 0 Å². The predicted octanol–water partition coefficient (Wildman–Crippen LogP) is 5.45. The Balaban J connectivity index is 1.26. The zero-order valence-electron chi connectivity index (χ0n) is 16.1. The third kappa shape index (κ3) is 3.51. The van der Waals surface area contributed by atoms with Gasteiger partial charge < -0.3 is 4.90 Å². The van der Waals surface area contributed by atoms with E-state index in [1.54, 1.807) is 18.3 Å². The number of anilines is 1. The zero-order valence-corrected chi connectivity index (χ0v) is 16.8. The number of Topliss-reactive ketones (excluding diaryl/α,β-unsaturated/α-hetero) is 1. The van der Waals surface area contributed by atoms with Gasteiger partial charge in [0.15, 0.2) is 0 Å². The van der Waals surface area contributed by atoms with Crippen LogP contribution < -0.4 is 4.90 Å². The monoisotopic (exact) mass is 408 g/mol. The molecule has 2 aromatic carbocycles. The van der Waals surface area contributed by atoms with E-state index >= 15 is 0 Å². The molecule has 1 atom stereocenters. The van der Waals surface area contributed by atoms with E-state index < -0.39 is 0 Å². The molecule has 1 aliphatic heterocycles. The van der Waals surface area contributed by atoms with Crippen LogP contribution in [0.3, 0.4) is 0 Å². The van der Waals surface area contributed by atoms with Gasteiger partial charge in [-0.05, 0) is 66.6 Å². The number of hydrogen-bond donors (Lipinski definition) is 0. The highest BCUT2D eigenvalue weighted by molar-refractivity contribution is 6.30. The number of halogens is 2. The number of fused-ring (bicyclic) bond motifs is 1. The number of benzene rings is 2. The van der Waals surface area contributed by atoms with Gasteiger partial charge in [-0.3, -0.25) is 9.78 Å². The summed E-state index contributed by atoms with van der Waals surface area (Å²) in [5, 5.41) is 1.55. The van der Waals surface area contributed by atoms with E-state index in [-0.39, 0.29) is 17.2 Å². The molecule has 5 heteroatoms. The summed E-state index contributed by atoms with van der Waals surface area (Å²) in [5.74, 6) is 0.277. The first kappa shape index (κ1) is 18.6. The van der Waals surface area contributed by atoms with Crippen LogP contribution >= 0.6 is 11.6 Å². The molecule has 0 N–H and O–H groups in total. The zero-order chi connectivity index (χ0) is 20.0. The molecule has 0 amide bonds. The van der Waals surface area contributed by atoms with Gasteiger partial charge in [0.25, 0.3) is 0 Å². The number of aromatic nitrogens is 1. The summed E-state index contributed by atoms with van der Waals surface area (Å²) < 4.78 is 13.8. The molecule has 29 heavy (non-hydrogen) atoms. The van der Waals surface area contributed by atoms with Crippen molar-refractivity contribution >= 4 is 34.0 Å². The molecular formula is C24H22ClFN2O. The summed E-state index contributed by atoms with van der Waals surface area (Å²) in [5.41, 5.74) is 3.04. The average Bonchev–Trinajstić information content (AvgIpc) is 3.43. The van der Waals surface area contributed by atoms with Crippen LogP contribution in [0.4, 0.5) is 10.1 Å². The van der Waals surface area contributed by atoms with Crippen molar-refractivity contribution in [3.05, 3.63) is 71.1 Å². The van der Waals surface area contributed by atoms with Crippen LogP contribution in [0, 0.1) is 17.2 Å². The number of carbonyl (C=O) groups is 1. The second-order valence-corrected chi connectivity index (χ2v) is 8.80. The molecule has 1 spiro atoms. The van der Waals surface area contributed by atoms with Crippen molar-refractivity contribution in [3.63, 3.8) is 0 Å². The summed E-state index contributed by atoms with van der Waals surface area (Å²) in [4.78, 5) is 19.5. The van der Waals surface area contributed by atoms with Gasteiger partial charge in [0.1, 0.15) is 11.6 Å². The summed E-state index contributed by atoms with van der Waals surface area (Å²) in [7, 11) is 0. The Kier molecular flexibility index (Phi) is 4.54. The third-order valence-electron chi connectivity index (χ3n) is 6.65. The number of nitrogens with zero attached hydrogens (tertiary/aromatic N) is 2. The maximum Gasteiger partial charge on any atom is 0.140 e. The molecule has 1 aromatic heterocycles. The van der Waals surface area contributed by atoms with Gasteiger partial charge in [0.2, 0.25) is 0 Å². The van der Waals surface area contributed by atoms with E-state index in [0.717, 1.165) is 54.5 Å². The van der Waals surface area contributed by atoms with Gasteiger partial charge >= 0.3 is 0 Å². The summed E-state index contributed by atoms with van der Waals surface area (Å²) in [6, 6.07) is 14.3. The summed E-state index contributed by atoms with van der Waals surface area (Å²) in [6.07, 6.45) is 5.28. The van der Waals surface area contributed by atoms with Crippen molar-refractivity contribution in [2.45, 2.75) is 25.7 Å². The second kappa shape index (κ2) is 7.10. The molecule has 1 aliphatic carbocycles. The molecule has 3 aromatic rings. The predicted molar refractivity (Wildman–Crippen MR) is 114 cm³/mol. The lowest BCUT2D eigenvalue weighted by molar-refractivity contribution is -0.120. The van der Waals surface area contributed by atoms with Gasteiger partial charge in [0, 0.05) is 47.7 Å². The van der Waals surface area contributed by atoms with Crippen LogP contribution in [-0.2, 0) is 11.2 Å². The molecule has 2 heterocycles. The standard InChI is InChI=1S/C24H22ClFN2O/c25-17-3-1-16(2-4-17)13-23(29)20-15-24(20)8-11-28(12-9-24)22-7-10-27-21-6-5-18(26)14-19(21)22/h1-7,10,14,20H,8-9,11-13,15H2/t20-/m1/s1. The van der Waals surface area contributed by atoms with Crippen LogP contribution in [0.5, 0.6) is 0 Å². The number of hydrogen-bond acceptors (Lipinski definition) is 3. The molecule has 148 valence electrons. The smallest absolute Gasteiger partial charge is 0.140 e. The van der Waals surface area contributed by atoms with Crippen molar-refractivity contribution in [2.75, 3.05) is 18.0 Å². The average molecular weight is 409 g/mol. The number of ketones is 1. The molecule has 0 unspecified atom stereocenters.